The Balaban J connectivity index is 1.85. The summed E-state index contributed by atoms with van der Waals surface area (Å²) in [4.78, 5) is 17.3. The van der Waals surface area contributed by atoms with Gasteiger partial charge in [0.15, 0.2) is 0 Å². The van der Waals surface area contributed by atoms with E-state index in [0.29, 0.717) is 0 Å². The predicted octanol–water partition coefficient (Wildman–Crippen LogP) is 3.19. The highest BCUT2D eigenvalue weighted by Gasteiger charge is 2.09. The van der Waals surface area contributed by atoms with Crippen LogP contribution in [0.2, 0.25) is 0 Å². The fourth-order valence-electron chi connectivity index (χ4n) is 2.45. The Morgan fingerprint density at radius 2 is 1.77 bits per heavy atom. The van der Waals surface area contributed by atoms with Crippen molar-refractivity contribution in [3.8, 4) is 17.1 Å². The lowest BCUT2D eigenvalue weighted by Crippen LogP contribution is -1.98. The molecule has 0 fully saturated rings. The molecule has 4 rings (SSSR count). The maximum atomic E-state index is 4.44. The summed E-state index contributed by atoms with van der Waals surface area (Å²) in [6, 6.07) is 10.1. The number of aromatic nitrogens is 5. The second-order valence-electron chi connectivity index (χ2n) is 5.02. The molecule has 0 saturated carbocycles. The fraction of sp³-hybridized carbons (Fsp3) is 0.0588. The molecular weight excluding hydrogens is 274 g/mol. The van der Waals surface area contributed by atoms with Crippen molar-refractivity contribution < 1.29 is 0 Å². The highest BCUT2D eigenvalue weighted by molar-refractivity contribution is 5.80. The smallest absolute Gasteiger partial charge is 0.147 e. The van der Waals surface area contributed by atoms with Crippen LogP contribution in [0.15, 0.2) is 61.3 Å². The number of fused-ring (bicyclic) bond motifs is 1. The minimum absolute atomic E-state index is 0.749. The minimum atomic E-state index is 0.749. The molecule has 0 bridgehead atoms. The van der Waals surface area contributed by atoms with Crippen LogP contribution < -0.4 is 0 Å². The zero-order valence-corrected chi connectivity index (χ0v) is 12.0. The summed E-state index contributed by atoms with van der Waals surface area (Å²) >= 11 is 0. The monoisotopic (exact) mass is 287 g/mol. The van der Waals surface area contributed by atoms with Gasteiger partial charge in [0, 0.05) is 42.1 Å². The molecule has 5 nitrogen and oxygen atoms in total. The molecule has 0 aliphatic heterocycles. The molecule has 0 aliphatic carbocycles. The zero-order valence-electron chi connectivity index (χ0n) is 12.0. The third-order valence-electron chi connectivity index (χ3n) is 3.54. The van der Waals surface area contributed by atoms with E-state index in [1.165, 1.54) is 0 Å². The van der Waals surface area contributed by atoms with Crippen molar-refractivity contribution in [3.63, 3.8) is 0 Å². The van der Waals surface area contributed by atoms with Gasteiger partial charge in [-0.05, 0) is 31.2 Å². The van der Waals surface area contributed by atoms with E-state index in [0.717, 1.165) is 33.8 Å². The first kappa shape index (κ1) is 12.6. The van der Waals surface area contributed by atoms with E-state index in [1.807, 2.05) is 35.9 Å². The van der Waals surface area contributed by atoms with E-state index >= 15 is 0 Å². The SMILES string of the molecule is Cc1ncc(-c2nccn2-c2ccc3ncccc3c2)cn1. The number of hydrogen-bond donors (Lipinski definition) is 0. The van der Waals surface area contributed by atoms with Crippen LogP contribution in [-0.2, 0) is 0 Å². The molecule has 106 valence electrons. The second-order valence-corrected chi connectivity index (χ2v) is 5.02. The third-order valence-corrected chi connectivity index (χ3v) is 3.54. The number of hydrogen-bond acceptors (Lipinski definition) is 4. The Morgan fingerprint density at radius 3 is 2.64 bits per heavy atom. The van der Waals surface area contributed by atoms with Crippen LogP contribution in [-0.4, -0.2) is 24.5 Å². The molecule has 22 heavy (non-hydrogen) atoms. The quantitative estimate of drug-likeness (QED) is 0.568. The van der Waals surface area contributed by atoms with Crippen molar-refractivity contribution in [1.82, 2.24) is 24.5 Å². The number of aryl methyl sites for hydroxylation is 1. The Kier molecular flexibility index (Phi) is 2.89. The van der Waals surface area contributed by atoms with Gasteiger partial charge in [0.1, 0.15) is 11.6 Å². The second kappa shape index (κ2) is 5.04. The maximum absolute atomic E-state index is 4.44. The van der Waals surface area contributed by atoms with Crippen LogP contribution in [0.3, 0.4) is 0 Å². The molecule has 0 aliphatic rings. The zero-order chi connectivity index (χ0) is 14.9. The summed E-state index contributed by atoms with van der Waals surface area (Å²) in [5, 5.41) is 1.10. The largest absolute Gasteiger partial charge is 0.300 e. The van der Waals surface area contributed by atoms with Gasteiger partial charge in [0.05, 0.1) is 11.1 Å². The molecule has 0 unspecified atom stereocenters. The molecule has 0 spiro atoms. The molecule has 0 amide bonds. The minimum Gasteiger partial charge on any atom is -0.300 e. The number of imidazole rings is 1. The van der Waals surface area contributed by atoms with E-state index in [-0.39, 0.29) is 0 Å². The van der Waals surface area contributed by atoms with Crippen molar-refractivity contribution >= 4 is 10.9 Å². The molecule has 0 atom stereocenters. The lowest BCUT2D eigenvalue weighted by atomic mass is 10.2. The van der Waals surface area contributed by atoms with E-state index in [2.05, 4.69) is 32.1 Å². The van der Waals surface area contributed by atoms with E-state index in [1.54, 1.807) is 24.8 Å². The van der Waals surface area contributed by atoms with E-state index in [4.69, 9.17) is 0 Å². The lowest BCUT2D eigenvalue weighted by molar-refractivity contribution is 1.02. The third kappa shape index (κ3) is 2.13. The Labute approximate surface area is 127 Å². The summed E-state index contributed by atoms with van der Waals surface area (Å²) in [5.74, 6) is 1.57. The van der Waals surface area contributed by atoms with Gasteiger partial charge in [-0.3, -0.25) is 9.55 Å². The molecular formula is C17H13N5. The van der Waals surface area contributed by atoms with Crippen molar-refractivity contribution in [2.45, 2.75) is 6.92 Å². The van der Waals surface area contributed by atoms with Crippen molar-refractivity contribution in [1.29, 1.82) is 0 Å². The van der Waals surface area contributed by atoms with Crippen LogP contribution >= 0.6 is 0 Å². The first-order valence-electron chi connectivity index (χ1n) is 6.99. The van der Waals surface area contributed by atoms with Gasteiger partial charge in [0.25, 0.3) is 0 Å². The van der Waals surface area contributed by atoms with Crippen LogP contribution in [0.1, 0.15) is 5.82 Å². The van der Waals surface area contributed by atoms with Crippen molar-refractivity contribution in [2.24, 2.45) is 0 Å². The van der Waals surface area contributed by atoms with Gasteiger partial charge >= 0.3 is 0 Å². The highest BCUT2D eigenvalue weighted by atomic mass is 15.1. The molecule has 5 heteroatoms. The summed E-state index contributed by atoms with van der Waals surface area (Å²) in [5.41, 5.74) is 2.90. The first-order chi connectivity index (χ1) is 10.8. The first-order valence-corrected chi connectivity index (χ1v) is 6.99. The van der Waals surface area contributed by atoms with Gasteiger partial charge in [-0.1, -0.05) is 6.07 Å². The maximum Gasteiger partial charge on any atom is 0.147 e. The molecule has 3 aromatic heterocycles. The molecule has 4 aromatic rings. The van der Waals surface area contributed by atoms with Crippen LogP contribution in [0.5, 0.6) is 0 Å². The summed E-state index contributed by atoms with van der Waals surface area (Å²) < 4.78 is 2.03. The van der Waals surface area contributed by atoms with E-state index in [9.17, 15) is 0 Å². The highest BCUT2D eigenvalue weighted by Crippen LogP contribution is 2.22. The van der Waals surface area contributed by atoms with E-state index < -0.39 is 0 Å². The number of benzene rings is 1. The number of pyridine rings is 1. The van der Waals surface area contributed by atoms with Crippen LogP contribution in [0, 0.1) is 6.92 Å². The van der Waals surface area contributed by atoms with Gasteiger partial charge in [-0.2, -0.15) is 0 Å². The van der Waals surface area contributed by atoms with Gasteiger partial charge in [-0.15, -0.1) is 0 Å². The summed E-state index contributed by atoms with van der Waals surface area (Å²) in [6.45, 7) is 1.87. The molecule has 0 radical (unpaired) electrons. The molecule has 3 heterocycles. The summed E-state index contributed by atoms with van der Waals surface area (Å²) in [7, 11) is 0. The average Bonchev–Trinajstić information content (AvgIpc) is 3.05. The lowest BCUT2D eigenvalue weighted by Gasteiger charge is -2.08. The normalized spacial score (nSPS) is 11.0. The van der Waals surface area contributed by atoms with Gasteiger partial charge < -0.3 is 0 Å². The average molecular weight is 287 g/mol. The topological polar surface area (TPSA) is 56.5 Å². The van der Waals surface area contributed by atoms with Crippen LogP contribution in [0.25, 0.3) is 28.0 Å². The van der Waals surface area contributed by atoms with Gasteiger partial charge in [0.2, 0.25) is 0 Å². The molecule has 0 N–H and O–H groups in total. The fourth-order valence-corrected chi connectivity index (χ4v) is 2.45. The standard InChI is InChI=1S/C17H13N5/c1-12-20-10-14(11-21-12)17-19-7-8-22(17)15-4-5-16-13(9-15)3-2-6-18-16/h2-11H,1H3. The number of rotatable bonds is 2. The number of nitrogens with zero attached hydrogens (tertiary/aromatic N) is 5. The van der Waals surface area contributed by atoms with Crippen LogP contribution in [0.4, 0.5) is 0 Å². The Bertz CT molecular complexity index is 941. The predicted molar refractivity (Wildman–Crippen MR) is 84.6 cm³/mol. The Hall–Kier alpha value is -3.08. The molecule has 0 saturated heterocycles. The summed E-state index contributed by atoms with van der Waals surface area (Å²) in [6.07, 6.45) is 9.11. The van der Waals surface area contributed by atoms with Crippen molar-refractivity contribution in [2.75, 3.05) is 0 Å². The Morgan fingerprint density at radius 1 is 0.909 bits per heavy atom. The van der Waals surface area contributed by atoms with Gasteiger partial charge in [-0.25, -0.2) is 15.0 Å². The molecule has 1 aromatic carbocycles. The van der Waals surface area contributed by atoms with Crippen molar-refractivity contribution in [3.05, 3.63) is 67.1 Å².